The summed E-state index contributed by atoms with van der Waals surface area (Å²) in [7, 11) is 1.44. The van der Waals surface area contributed by atoms with Gasteiger partial charge in [0.05, 0.1) is 13.0 Å². The summed E-state index contributed by atoms with van der Waals surface area (Å²) in [6.45, 7) is 2.12. The quantitative estimate of drug-likeness (QED) is 0.767. The van der Waals surface area contributed by atoms with E-state index in [0.29, 0.717) is 0 Å². The van der Waals surface area contributed by atoms with Crippen LogP contribution in [0.5, 0.6) is 0 Å². The smallest absolute Gasteiger partial charge is 0.313 e. The number of fused-ring (bicyclic) bond motifs is 1. The maximum atomic E-state index is 12.0. The largest absolute Gasteiger partial charge is 0.469 e. The van der Waals surface area contributed by atoms with Gasteiger partial charge in [-0.3, -0.25) is 9.78 Å². The van der Waals surface area contributed by atoms with Gasteiger partial charge in [0.1, 0.15) is 0 Å². The number of carbonyl (C=O) groups is 1. The Morgan fingerprint density at radius 2 is 2.11 bits per heavy atom. The maximum absolute atomic E-state index is 12.0. The first-order valence-electron chi connectivity index (χ1n) is 6.68. The first kappa shape index (κ1) is 13.5. The highest BCUT2D eigenvalue weighted by atomic mass is 16.5. The first-order valence-corrected chi connectivity index (χ1v) is 6.68. The molecule has 1 aromatic heterocycles. The number of carbonyl (C=O) groups excluding carboxylic acids is 1. The number of ether oxygens (including phenoxy) is 1. The van der Waals surface area contributed by atoms with Gasteiger partial charge in [0, 0.05) is 17.8 Å². The van der Waals surface area contributed by atoms with Crippen molar-refractivity contribution in [2.24, 2.45) is 0 Å². The lowest BCUT2D eigenvalue weighted by molar-refractivity contribution is -0.142. The molecule has 1 unspecified atom stereocenters. The normalized spacial score (nSPS) is 12.3. The molecule has 0 radical (unpaired) electrons. The highest BCUT2D eigenvalue weighted by Gasteiger charge is 2.22. The Morgan fingerprint density at radius 3 is 2.84 bits per heavy atom. The zero-order valence-electron chi connectivity index (χ0n) is 11.4. The van der Waals surface area contributed by atoms with Crippen molar-refractivity contribution in [1.82, 2.24) is 4.98 Å². The van der Waals surface area contributed by atoms with Crippen LogP contribution in [0.2, 0.25) is 0 Å². The summed E-state index contributed by atoms with van der Waals surface area (Å²) in [6, 6.07) is 8.02. The van der Waals surface area contributed by atoms with E-state index in [-0.39, 0.29) is 11.9 Å². The van der Waals surface area contributed by atoms with Crippen LogP contribution in [0, 0.1) is 0 Å². The Labute approximate surface area is 113 Å². The second-order valence-corrected chi connectivity index (χ2v) is 4.67. The number of rotatable bonds is 5. The zero-order valence-corrected chi connectivity index (χ0v) is 11.4. The van der Waals surface area contributed by atoms with Crippen LogP contribution in [0.4, 0.5) is 0 Å². The molecule has 0 N–H and O–H groups in total. The Balaban J connectivity index is 2.46. The molecule has 1 heterocycles. The summed E-state index contributed by atoms with van der Waals surface area (Å²) in [5.41, 5.74) is 0.971. The molecule has 0 fully saturated rings. The number of hydrogen-bond donors (Lipinski definition) is 0. The van der Waals surface area contributed by atoms with Gasteiger partial charge in [0.25, 0.3) is 0 Å². The van der Waals surface area contributed by atoms with Crippen molar-refractivity contribution in [3.8, 4) is 0 Å². The summed E-state index contributed by atoms with van der Waals surface area (Å²) >= 11 is 0. The second kappa shape index (κ2) is 6.32. The number of aromatic nitrogens is 1. The van der Waals surface area contributed by atoms with Crippen molar-refractivity contribution in [2.45, 2.75) is 32.1 Å². The van der Waals surface area contributed by atoms with E-state index in [1.54, 1.807) is 6.20 Å². The Morgan fingerprint density at radius 1 is 1.32 bits per heavy atom. The Hall–Kier alpha value is -1.90. The molecule has 0 bridgehead atoms. The van der Waals surface area contributed by atoms with Gasteiger partial charge in [-0.15, -0.1) is 0 Å². The van der Waals surface area contributed by atoms with E-state index in [1.807, 2.05) is 30.5 Å². The molecule has 3 nitrogen and oxygen atoms in total. The molecule has 2 aromatic rings. The lowest BCUT2D eigenvalue weighted by atomic mass is 9.91. The second-order valence-electron chi connectivity index (χ2n) is 4.67. The van der Waals surface area contributed by atoms with Crippen LogP contribution in [0.15, 0.2) is 36.7 Å². The SMILES string of the molecule is CCCCC(C(=O)OC)c1cncc2ccccc12. The van der Waals surface area contributed by atoms with Crippen LogP contribution in [-0.2, 0) is 9.53 Å². The van der Waals surface area contributed by atoms with Crippen LogP contribution in [0.1, 0.15) is 37.7 Å². The lowest BCUT2D eigenvalue weighted by Gasteiger charge is -2.16. The third kappa shape index (κ3) is 2.92. The third-order valence-corrected chi connectivity index (χ3v) is 3.41. The molecule has 19 heavy (non-hydrogen) atoms. The molecule has 0 saturated heterocycles. The van der Waals surface area contributed by atoms with Crippen LogP contribution >= 0.6 is 0 Å². The van der Waals surface area contributed by atoms with E-state index < -0.39 is 0 Å². The molecule has 100 valence electrons. The molecule has 2 rings (SSSR count). The Kier molecular flexibility index (Phi) is 4.50. The molecule has 0 amide bonds. The van der Waals surface area contributed by atoms with Crippen LogP contribution in [-0.4, -0.2) is 18.1 Å². The molecule has 1 atom stereocenters. The van der Waals surface area contributed by atoms with E-state index >= 15 is 0 Å². The minimum Gasteiger partial charge on any atom is -0.469 e. The standard InChI is InChI=1S/C16H19NO2/c1-3-4-8-14(16(18)19-2)15-11-17-10-12-7-5-6-9-13(12)15/h5-7,9-11,14H,3-4,8H2,1-2H3. The maximum Gasteiger partial charge on any atom is 0.313 e. The average molecular weight is 257 g/mol. The van der Waals surface area contributed by atoms with Crippen LogP contribution < -0.4 is 0 Å². The van der Waals surface area contributed by atoms with E-state index in [2.05, 4.69) is 11.9 Å². The lowest BCUT2D eigenvalue weighted by Crippen LogP contribution is -2.15. The minimum absolute atomic E-state index is 0.174. The number of unbranched alkanes of at least 4 members (excludes halogenated alkanes) is 1. The molecule has 0 spiro atoms. The summed E-state index contributed by atoms with van der Waals surface area (Å²) < 4.78 is 4.95. The van der Waals surface area contributed by atoms with Crippen molar-refractivity contribution in [3.05, 3.63) is 42.2 Å². The minimum atomic E-state index is -0.219. The van der Waals surface area contributed by atoms with Gasteiger partial charge in [-0.25, -0.2) is 0 Å². The number of hydrogen-bond acceptors (Lipinski definition) is 3. The number of nitrogens with zero attached hydrogens (tertiary/aromatic N) is 1. The van der Waals surface area contributed by atoms with Gasteiger partial charge >= 0.3 is 5.97 Å². The summed E-state index contributed by atoms with van der Waals surface area (Å²) in [5.74, 6) is -0.393. The van der Waals surface area contributed by atoms with Crippen molar-refractivity contribution >= 4 is 16.7 Å². The molecular formula is C16H19NO2. The number of pyridine rings is 1. The van der Waals surface area contributed by atoms with Crippen molar-refractivity contribution < 1.29 is 9.53 Å². The summed E-state index contributed by atoms with van der Waals surface area (Å²) in [6.07, 6.45) is 6.49. The predicted molar refractivity (Wildman–Crippen MR) is 76.0 cm³/mol. The van der Waals surface area contributed by atoms with E-state index in [0.717, 1.165) is 35.6 Å². The number of methoxy groups -OCH3 is 1. The van der Waals surface area contributed by atoms with Crippen molar-refractivity contribution in [2.75, 3.05) is 7.11 Å². The topological polar surface area (TPSA) is 39.2 Å². The number of benzene rings is 1. The zero-order chi connectivity index (χ0) is 13.7. The summed E-state index contributed by atoms with van der Waals surface area (Å²) in [5, 5.41) is 2.15. The molecule has 0 aliphatic carbocycles. The number of esters is 1. The van der Waals surface area contributed by atoms with E-state index in [1.165, 1.54) is 7.11 Å². The van der Waals surface area contributed by atoms with Gasteiger partial charge in [-0.05, 0) is 17.4 Å². The fraction of sp³-hybridized carbons (Fsp3) is 0.375. The molecule has 0 aliphatic rings. The summed E-state index contributed by atoms with van der Waals surface area (Å²) in [4.78, 5) is 16.3. The molecule has 0 saturated carbocycles. The van der Waals surface area contributed by atoms with Gasteiger partial charge in [-0.2, -0.15) is 0 Å². The van der Waals surface area contributed by atoms with Gasteiger partial charge in [-0.1, -0.05) is 44.0 Å². The fourth-order valence-electron chi connectivity index (χ4n) is 2.37. The van der Waals surface area contributed by atoms with Gasteiger partial charge in [0.2, 0.25) is 0 Å². The molecule has 0 aliphatic heterocycles. The van der Waals surface area contributed by atoms with Crippen LogP contribution in [0.25, 0.3) is 10.8 Å². The molecular weight excluding hydrogens is 238 g/mol. The van der Waals surface area contributed by atoms with Crippen LogP contribution in [0.3, 0.4) is 0 Å². The highest BCUT2D eigenvalue weighted by molar-refractivity contribution is 5.90. The third-order valence-electron chi connectivity index (χ3n) is 3.41. The van der Waals surface area contributed by atoms with Gasteiger partial charge in [0.15, 0.2) is 0 Å². The highest BCUT2D eigenvalue weighted by Crippen LogP contribution is 2.29. The predicted octanol–water partition coefficient (Wildman–Crippen LogP) is 3.68. The van der Waals surface area contributed by atoms with E-state index in [4.69, 9.17) is 4.74 Å². The van der Waals surface area contributed by atoms with E-state index in [9.17, 15) is 4.79 Å². The first-order chi connectivity index (χ1) is 9.27. The fourth-order valence-corrected chi connectivity index (χ4v) is 2.37. The Bertz CT molecular complexity index is 560. The van der Waals surface area contributed by atoms with Gasteiger partial charge < -0.3 is 4.74 Å². The average Bonchev–Trinajstić information content (AvgIpc) is 2.47. The van der Waals surface area contributed by atoms with Crippen molar-refractivity contribution in [1.29, 1.82) is 0 Å². The molecule has 1 aromatic carbocycles. The monoisotopic (exact) mass is 257 g/mol. The van der Waals surface area contributed by atoms with Crippen molar-refractivity contribution in [3.63, 3.8) is 0 Å². The molecule has 3 heteroatoms.